The van der Waals surface area contributed by atoms with Gasteiger partial charge in [0.2, 0.25) is 11.8 Å². The molecule has 2 saturated heterocycles. The van der Waals surface area contributed by atoms with Crippen LogP contribution in [0.15, 0.2) is 24.3 Å². The van der Waals surface area contributed by atoms with Crippen molar-refractivity contribution in [1.82, 2.24) is 10.2 Å². The number of morpholine rings is 1. The first-order valence-corrected chi connectivity index (χ1v) is 8.13. The lowest BCUT2D eigenvalue weighted by Crippen LogP contribution is -2.47. The molecule has 2 N–H and O–H groups in total. The Hall–Kier alpha value is -2.41. The number of amides is 3. The maximum absolute atomic E-state index is 12.5. The molecule has 7 heteroatoms. The average Bonchev–Trinajstić information content (AvgIpc) is 3.02. The lowest BCUT2D eigenvalue weighted by Gasteiger charge is -2.33. The summed E-state index contributed by atoms with van der Waals surface area (Å²) in [5.74, 6) is -0.371. The molecule has 0 bridgehead atoms. The second kappa shape index (κ2) is 7.00. The molecule has 2 aliphatic rings. The number of nitrogens with zero attached hydrogens (tertiary/aromatic N) is 1. The molecule has 0 saturated carbocycles. The molecule has 2 aliphatic heterocycles. The third kappa shape index (κ3) is 3.56. The lowest BCUT2D eigenvalue weighted by molar-refractivity contribution is -0.122. The van der Waals surface area contributed by atoms with Gasteiger partial charge in [0.1, 0.15) is 6.04 Å². The predicted molar refractivity (Wildman–Crippen MR) is 87.6 cm³/mol. The first-order chi connectivity index (χ1) is 11.5. The molecule has 1 aromatic carbocycles. The van der Waals surface area contributed by atoms with E-state index in [1.807, 2.05) is 6.92 Å². The fraction of sp³-hybridized carbons (Fsp3) is 0.471. The van der Waals surface area contributed by atoms with Gasteiger partial charge in [-0.2, -0.15) is 0 Å². The molecule has 0 aromatic heterocycles. The Kier molecular flexibility index (Phi) is 4.80. The van der Waals surface area contributed by atoms with Gasteiger partial charge in [0.25, 0.3) is 5.91 Å². The summed E-state index contributed by atoms with van der Waals surface area (Å²) in [7, 11) is 0. The van der Waals surface area contributed by atoms with Crippen molar-refractivity contribution in [2.24, 2.45) is 0 Å². The molecular weight excluding hydrogens is 310 g/mol. The van der Waals surface area contributed by atoms with Gasteiger partial charge in [0, 0.05) is 24.2 Å². The van der Waals surface area contributed by atoms with E-state index in [9.17, 15) is 14.4 Å². The average molecular weight is 331 g/mol. The Morgan fingerprint density at radius 1 is 1.29 bits per heavy atom. The minimum absolute atomic E-state index is 0.0354. The van der Waals surface area contributed by atoms with Crippen LogP contribution in [-0.4, -0.2) is 54.5 Å². The van der Waals surface area contributed by atoms with Crippen molar-refractivity contribution >= 4 is 23.4 Å². The number of carbonyl (C=O) groups excluding carboxylic acids is 3. The molecule has 2 atom stereocenters. The number of benzene rings is 1. The summed E-state index contributed by atoms with van der Waals surface area (Å²) in [6, 6.07) is 6.38. The van der Waals surface area contributed by atoms with Crippen molar-refractivity contribution in [2.75, 3.05) is 25.1 Å². The van der Waals surface area contributed by atoms with Crippen molar-refractivity contribution in [2.45, 2.75) is 31.8 Å². The maximum Gasteiger partial charge on any atom is 0.254 e. The third-order valence-corrected chi connectivity index (χ3v) is 4.34. The molecule has 3 amide bonds. The van der Waals surface area contributed by atoms with Crippen molar-refractivity contribution in [3.8, 4) is 0 Å². The molecule has 2 heterocycles. The summed E-state index contributed by atoms with van der Waals surface area (Å²) in [6.07, 6.45) is 0.888. The highest BCUT2D eigenvalue weighted by Crippen LogP contribution is 2.16. The van der Waals surface area contributed by atoms with Crippen LogP contribution in [0.4, 0.5) is 5.69 Å². The monoisotopic (exact) mass is 331 g/mol. The van der Waals surface area contributed by atoms with Gasteiger partial charge < -0.3 is 20.3 Å². The van der Waals surface area contributed by atoms with Crippen molar-refractivity contribution < 1.29 is 19.1 Å². The van der Waals surface area contributed by atoms with Gasteiger partial charge in [-0.1, -0.05) is 0 Å². The van der Waals surface area contributed by atoms with E-state index in [1.54, 1.807) is 29.2 Å². The highest BCUT2D eigenvalue weighted by atomic mass is 16.5. The Balaban J connectivity index is 1.61. The molecule has 0 spiro atoms. The summed E-state index contributed by atoms with van der Waals surface area (Å²) >= 11 is 0. The van der Waals surface area contributed by atoms with Crippen LogP contribution in [-0.2, 0) is 14.3 Å². The van der Waals surface area contributed by atoms with Gasteiger partial charge >= 0.3 is 0 Å². The van der Waals surface area contributed by atoms with E-state index in [0.29, 0.717) is 43.9 Å². The van der Waals surface area contributed by atoms with E-state index < -0.39 is 6.04 Å². The minimum Gasteiger partial charge on any atom is -0.377 e. The predicted octanol–water partition coefficient (Wildman–Crippen LogP) is 0.765. The van der Waals surface area contributed by atoms with Crippen LogP contribution in [0.2, 0.25) is 0 Å². The first-order valence-electron chi connectivity index (χ1n) is 8.13. The van der Waals surface area contributed by atoms with E-state index in [-0.39, 0.29) is 23.8 Å². The summed E-state index contributed by atoms with van der Waals surface area (Å²) in [5.41, 5.74) is 1.18. The Morgan fingerprint density at radius 2 is 2.04 bits per heavy atom. The van der Waals surface area contributed by atoms with Crippen LogP contribution < -0.4 is 10.6 Å². The lowest BCUT2D eigenvalue weighted by atomic mass is 10.1. The number of ether oxygens (including phenoxy) is 1. The molecule has 24 heavy (non-hydrogen) atoms. The summed E-state index contributed by atoms with van der Waals surface area (Å²) < 4.78 is 5.35. The molecule has 3 rings (SSSR count). The normalized spacial score (nSPS) is 23.7. The molecule has 0 radical (unpaired) electrons. The largest absolute Gasteiger partial charge is 0.377 e. The van der Waals surface area contributed by atoms with Gasteiger partial charge in [-0.15, -0.1) is 0 Å². The Labute approximate surface area is 140 Å². The first kappa shape index (κ1) is 16.4. The summed E-state index contributed by atoms with van der Waals surface area (Å²) in [6.45, 7) is 3.64. The van der Waals surface area contributed by atoms with Crippen LogP contribution in [0.25, 0.3) is 0 Å². The Bertz CT molecular complexity index is 644. The highest BCUT2D eigenvalue weighted by Gasteiger charge is 2.27. The van der Waals surface area contributed by atoms with Crippen molar-refractivity contribution in [3.63, 3.8) is 0 Å². The van der Waals surface area contributed by atoms with Gasteiger partial charge in [0.15, 0.2) is 0 Å². The van der Waals surface area contributed by atoms with E-state index in [4.69, 9.17) is 4.74 Å². The van der Waals surface area contributed by atoms with E-state index >= 15 is 0 Å². The van der Waals surface area contributed by atoms with Crippen LogP contribution in [0.5, 0.6) is 0 Å². The molecular formula is C17H21N3O4. The van der Waals surface area contributed by atoms with E-state index in [0.717, 1.165) is 0 Å². The number of hydrogen-bond acceptors (Lipinski definition) is 4. The molecule has 2 fully saturated rings. The fourth-order valence-corrected chi connectivity index (χ4v) is 2.93. The molecule has 1 aromatic rings. The highest BCUT2D eigenvalue weighted by molar-refractivity contribution is 5.99. The van der Waals surface area contributed by atoms with Crippen molar-refractivity contribution in [1.29, 1.82) is 0 Å². The fourth-order valence-electron chi connectivity index (χ4n) is 2.93. The van der Waals surface area contributed by atoms with Crippen LogP contribution in [0.3, 0.4) is 0 Å². The van der Waals surface area contributed by atoms with Crippen LogP contribution in [0, 0.1) is 0 Å². The minimum atomic E-state index is -0.479. The number of rotatable bonds is 3. The standard InChI is InChI=1S/C17H21N3O4/c1-11-10-24-9-8-20(11)17(23)12-2-4-13(5-3-12)18-16(22)14-6-7-15(21)19-14/h2-5,11,14H,6-10H2,1H3,(H,18,22)(H,19,21). The zero-order valence-corrected chi connectivity index (χ0v) is 13.6. The maximum atomic E-state index is 12.5. The van der Waals surface area contributed by atoms with E-state index in [1.165, 1.54) is 0 Å². The molecule has 7 nitrogen and oxygen atoms in total. The molecule has 2 unspecified atom stereocenters. The van der Waals surface area contributed by atoms with Crippen LogP contribution in [0.1, 0.15) is 30.1 Å². The number of hydrogen-bond donors (Lipinski definition) is 2. The number of nitrogens with one attached hydrogen (secondary N) is 2. The topological polar surface area (TPSA) is 87.7 Å². The van der Waals surface area contributed by atoms with Gasteiger partial charge in [0.05, 0.1) is 19.3 Å². The van der Waals surface area contributed by atoms with Gasteiger partial charge in [-0.25, -0.2) is 0 Å². The summed E-state index contributed by atoms with van der Waals surface area (Å²) in [5, 5.41) is 5.39. The Morgan fingerprint density at radius 3 is 2.67 bits per heavy atom. The molecule has 0 aliphatic carbocycles. The number of carbonyl (C=O) groups is 3. The third-order valence-electron chi connectivity index (χ3n) is 4.34. The quantitative estimate of drug-likeness (QED) is 0.856. The van der Waals surface area contributed by atoms with Crippen LogP contribution >= 0.6 is 0 Å². The second-order valence-electron chi connectivity index (χ2n) is 6.15. The van der Waals surface area contributed by atoms with Gasteiger partial charge in [-0.05, 0) is 37.6 Å². The number of anilines is 1. The van der Waals surface area contributed by atoms with Gasteiger partial charge in [-0.3, -0.25) is 14.4 Å². The second-order valence-corrected chi connectivity index (χ2v) is 6.15. The SMILES string of the molecule is CC1COCCN1C(=O)c1ccc(NC(=O)C2CCC(=O)N2)cc1. The molecule has 128 valence electrons. The zero-order chi connectivity index (χ0) is 17.1. The smallest absolute Gasteiger partial charge is 0.254 e. The zero-order valence-electron chi connectivity index (χ0n) is 13.6. The van der Waals surface area contributed by atoms with Crippen molar-refractivity contribution in [3.05, 3.63) is 29.8 Å². The summed E-state index contributed by atoms with van der Waals surface area (Å²) in [4.78, 5) is 37.5. The van der Waals surface area contributed by atoms with E-state index in [2.05, 4.69) is 10.6 Å².